The monoisotopic (exact) mass is 560 g/mol. The topological polar surface area (TPSA) is 66.8 Å². The van der Waals surface area contributed by atoms with E-state index in [1.165, 1.54) is 161 Å². The van der Waals surface area contributed by atoms with Gasteiger partial charge in [0.1, 0.15) is 0 Å². The fraction of sp³-hybridized carbons (Fsp3) is 1.00. The van der Waals surface area contributed by atoms with Crippen LogP contribution in [0.1, 0.15) is 190 Å². The minimum Gasteiger partial charge on any atom is -1.00 e. The van der Waals surface area contributed by atoms with Crippen LogP contribution in [0.5, 0.6) is 0 Å². The summed E-state index contributed by atoms with van der Waals surface area (Å²) < 4.78 is 15.0. The molecule has 0 saturated carbocycles. The third kappa shape index (κ3) is 37.5. The molecule has 0 saturated heterocycles. The summed E-state index contributed by atoms with van der Waals surface area (Å²) in [5.74, 6) is 0. The first-order valence-corrected chi connectivity index (χ1v) is 17.3. The SMILES string of the molecule is CCCCCCCCCCCCCCCCCCCCCCCCCCCCCCOP(=O)(O)O.[Ca+2].[H-].[H-]. The summed E-state index contributed by atoms with van der Waals surface area (Å²) in [6.45, 7) is 2.46. The van der Waals surface area contributed by atoms with Gasteiger partial charge in [0.05, 0.1) is 6.61 Å². The normalized spacial score (nSPS) is 11.6. The van der Waals surface area contributed by atoms with Crippen LogP contribution in [-0.2, 0) is 9.09 Å². The Morgan fingerprint density at radius 1 is 0.444 bits per heavy atom. The van der Waals surface area contributed by atoms with Crippen LogP contribution in [0.25, 0.3) is 0 Å². The molecule has 0 spiro atoms. The van der Waals surface area contributed by atoms with Gasteiger partial charge in [-0.15, -0.1) is 0 Å². The molecule has 0 amide bonds. The quantitative estimate of drug-likeness (QED) is 0.0521. The van der Waals surface area contributed by atoms with Gasteiger partial charge in [-0.05, 0) is 6.42 Å². The first kappa shape index (κ1) is 39.5. The molecular weight excluding hydrogens is 495 g/mol. The molecule has 0 aliphatic carbocycles. The zero-order valence-electron chi connectivity index (χ0n) is 26.4. The van der Waals surface area contributed by atoms with E-state index in [-0.39, 0.29) is 47.2 Å². The largest absolute Gasteiger partial charge is 2.00 e. The first-order valence-electron chi connectivity index (χ1n) is 15.8. The molecule has 0 aromatic rings. The zero-order chi connectivity index (χ0) is 25.7. The smallest absolute Gasteiger partial charge is 1.00 e. The molecule has 216 valence electrons. The van der Waals surface area contributed by atoms with Crippen molar-refractivity contribution in [2.24, 2.45) is 0 Å². The maximum atomic E-state index is 10.6. The van der Waals surface area contributed by atoms with E-state index in [0.717, 1.165) is 19.3 Å². The van der Waals surface area contributed by atoms with Gasteiger partial charge in [0, 0.05) is 0 Å². The first-order chi connectivity index (χ1) is 17.1. The van der Waals surface area contributed by atoms with Crippen molar-refractivity contribution in [1.29, 1.82) is 0 Å². The van der Waals surface area contributed by atoms with Gasteiger partial charge >= 0.3 is 45.6 Å². The molecular formula is C30H65CaO4P. The summed E-state index contributed by atoms with van der Waals surface area (Å²) in [5, 5.41) is 0. The van der Waals surface area contributed by atoms with Crippen LogP contribution in [0.3, 0.4) is 0 Å². The number of rotatable bonds is 30. The van der Waals surface area contributed by atoms with Crippen molar-refractivity contribution >= 4 is 45.6 Å². The van der Waals surface area contributed by atoms with Crippen molar-refractivity contribution in [3.8, 4) is 0 Å². The van der Waals surface area contributed by atoms with Gasteiger partial charge in [-0.2, -0.15) is 0 Å². The van der Waals surface area contributed by atoms with Gasteiger partial charge in [-0.25, -0.2) is 4.57 Å². The third-order valence-corrected chi connectivity index (χ3v) is 7.78. The summed E-state index contributed by atoms with van der Waals surface area (Å²) in [7, 11) is -4.27. The summed E-state index contributed by atoms with van der Waals surface area (Å²) in [6, 6.07) is 0. The number of phosphoric ester groups is 1. The number of hydrogen-bond donors (Lipinski definition) is 2. The Morgan fingerprint density at radius 2 is 0.639 bits per heavy atom. The molecule has 0 aromatic carbocycles. The van der Waals surface area contributed by atoms with Crippen LogP contribution < -0.4 is 0 Å². The van der Waals surface area contributed by atoms with Crippen molar-refractivity contribution in [2.45, 2.75) is 187 Å². The van der Waals surface area contributed by atoms with E-state index in [1.807, 2.05) is 0 Å². The minimum atomic E-state index is -4.27. The molecule has 0 aliphatic heterocycles. The average Bonchev–Trinajstić information content (AvgIpc) is 2.82. The summed E-state index contributed by atoms with van der Waals surface area (Å²) in [5.41, 5.74) is 0. The van der Waals surface area contributed by atoms with Crippen LogP contribution in [0.4, 0.5) is 0 Å². The molecule has 0 heterocycles. The Labute approximate surface area is 259 Å². The molecule has 4 nitrogen and oxygen atoms in total. The van der Waals surface area contributed by atoms with Gasteiger partial charge in [-0.3, -0.25) is 4.52 Å². The molecule has 6 heteroatoms. The molecule has 0 atom stereocenters. The van der Waals surface area contributed by atoms with Gasteiger partial charge in [-0.1, -0.05) is 180 Å². The van der Waals surface area contributed by atoms with Crippen molar-refractivity contribution in [3.05, 3.63) is 0 Å². The molecule has 36 heavy (non-hydrogen) atoms. The molecule has 0 bridgehead atoms. The van der Waals surface area contributed by atoms with Crippen molar-refractivity contribution in [1.82, 2.24) is 0 Å². The fourth-order valence-corrected chi connectivity index (χ4v) is 5.32. The van der Waals surface area contributed by atoms with E-state index in [4.69, 9.17) is 9.79 Å². The van der Waals surface area contributed by atoms with Crippen LogP contribution in [0, 0.1) is 0 Å². The molecule has 0 aliphatic rings. The standard InChI is InChI=1S/C30H63O4P.Ca.2H/c1-2-3-4-5-6-7-8-9-10-11-12-13-14-15-16-17-18-19-20-21-22-23-24-25-26-27-28-29-30-34-35(31,32)33;;;/h2-30H2,1H3,(H2,31,32,33);;;/q;+2;2*-1. The number of hydrogen-bond acceptors (Lipinski definition) is 2. The Hall–Kier alpha value is 1.37. The minimum absolute atomic E-state index is 0. The van der Waals surface area contributed by atoms with Gasteiger partial charge < -0.3 is 12.6 Å². The van der Waals surface area contributed by atoms with Crippen LogP contribution in [-0.4, -0.2) is 54.1 Å². The Bertz CT molecular complexity index is 456. The van der Waals surface area contributed by atoms with E-state index in [9.17, 15) is 4.57 Å². The van der Waals surface area contributed by atoms with E-state index in [0.29, 0.717) is 0 Å². The average molecular weight is 561 g/mol. The molecule has 0 rings (SSSR count). The van der Waals surface area contributed by atoms with Crippen LogP contribution in [0.15, 0.2) is 0 Å². The van der Waals surface area contributed by atoms with Crippen LogP contribution >= 0.6 is 7.82 Å². The number of phosphoric acid groups is 1. The molecule has 2 N–H and O–H groups in total. The van der Waals surface area contributed by atoms with E-state index < -0.39 is 7.82 Å². The van der Waals surface area contributed by atoms with Crippen molar-refractivity contribution < 1.29 is 21.7 Å². The Balaban J connectivity index is -0.00000193. The molecule has 0 radical (unpaired) electrons. The Morgan fingerprint density at radius 3 is 0.833 bits per heavy atom. The van der Waals surface area contributed by atoms with Crippen LogP contribution in [0.2, 0.25) is 0 Å². The second-order valence-electron chi connectivity index (χ2n) is 10.9. The number of unbranched alkanes of at least 4 members (excludes halogenated alkanes) is 27. The van der Waals surface area contributed by atoms with Crippen molar-refractivity contribution in [3.63, 3.8) is 0 Å². The second-order valence-corrected chi connectivity index (χ2v) is 12.1. The van der Waals surface area contributed by atoms with E-state index in [1.54, 1.807) is 0 Å². The van der Waals surface area contributed by atoms with Crippen molar-refractivity contribution in [2.75, 3.05) is 6.61 Å². The Kier molecular flexibility index (Phi) is 35.8. The molecule has 0 fully saturated rings. The molecule has 0 unspecified atom stereocenters. The third-order valence-electron chi connectivity index (χ3n) is 7.26. The van der Waals surface area contributed by atoms with E-state index in [2.05, 4.69) is 11.4 Å². The zero-order valence-corrected chi connectivity index (χ0v) is 27.5. The van der Waals surface area contributed by atoms with Gasteiger partial charge in [0.25, 0.3) is 0 Å². The predicted molar refractivity (Wildman–Crippen MR) is 161 cm³/mol. The van der Waals surface area contributed by atoms with Gasteiger partial charge in [0.15, 0.2) is 0 Å². The maximum absolute atomic E-state index is 10.6. The molecule has 0 aromatic heterocycles. The summed E-state index contributed by atoms with van der Waals surface area (Å²) in [4.78, 5) is 17.2. The fourth-order valence-electron chi connectivity index (χ4n) is 4.95. The second kappa shape index (κ2) is 32.6. The van der Waals surface area contributed by atoms with Gasteiger partial charge in [0.2, 0.25) is 0 Å². The summed E-state index contributed by atoms with van der Waals surface area (Å²) >= 11 is 0. The predicted octanol–water partition coefficient (Wildman–Crippen LogP) is 10.9. The maximum Gasteiger partial charge on any atom is 2.00 e. The van der Waals surface area contributed by atoms with E-state index >= 15 is 0 Å². The summed E-state index contributed by atoms with van der Waals surface area (Å²) in [6.07, 6.45) is 38.4.